The Morgan fingerprint density at radius 1 is 1.21 bits per heavy atom. The molecule has 0 spiro atoms. The fourth-order valence-electron chi connectivity index (χ4n) is 4.41. The fourth-order valence-corrected chi connectivity index (χ4v) is 4.41. The summed E-state index contributed by atoms with van der Waals surface area (Å²) >= 11 is 0. The van der Waals surface area contributed by atoms with Crippen LogP contribution in [0.15, 0.2) is 12.1 Å². The Hall–Kier alpha value is -2.21. The first-order valence-electron chi connectivity index (χ1n) is 10.4. The zero-order chi connectivity index (χ0) is 19.7. The molecule has 28 heavy (non-hydrogen) atoms. The number of nitrogens with zero attached hydrogens (tertiary/aromatic N) is 2. The van der Waals surface area contributed by atoms with Gasteiger partial charge < -0.3 is 25.0 Å². The van der Waals surface area contributed by atoms with Crippen molar-refractivity contribution in [3.05, 3.63) is 17.7 Å². The van der Waals surface area contributed by atoms with Gasteiger partial charge in [-0.1, -0.05) is 0 Å². The number of ether oxygens (including phenoxy) is 2. The minimum Gasteiger partial charge on any atom is -0.493 e. The molecule has 0 bridgehead atoms. The molecular formula is C22H32N4O2. The Morgan fingerprint density at radius 3 is 2.71 bits per heavy atom. The maximum absolute atomic E-state index is 6.10. The Bertz CT molecular complexity index is 859. The Kier molecular flexibility index (Phi) is 5.23. The summed E-state index contributed by atoms with van der Waals surface area (Å²) in [5, 5.41) is 8.01. The van der Waals surface area contributed by atoms with Crippen LogP contribution < -0.4 is 20.1 Å². The number of methoxy groups -OCH3 is 1. The van der Waals surface area contributed by atoms with Crippen molar-refractivity contribution in [2.24, 2.45) is 0 Å². The van der Waals surface area contributed by atoms with Crippen LogP contribution in [0.3, 0.4) is 0 Å². The molecule has 4 rings (SSSR count). The summed E-state index contributed by atoms with van der Waals surface area (Å²) in [5.74, 6) is 2.47. The standard InChI is InChI=1S/C22H32N4O2/c1-22(2)14-16-20(25-22)15-12-18(27-4)19(13-17(15)24-21(16)23-3)28-11-7-10-26-8-5-6-9-26/h12-13,25H,5-11,14H2,1-4H3,(H,23,24). The number of hydrogen-bond acceptors (Lipinski definition) is 6. The highest BCUT2D eigenvalue weighted by Crippen LogP contribution is 2.43. The first-order valence-corrected chi connectivity index (χ1v) is 10.4. The van der Waals surface area contributed by atoms with Gasteiger partial charge in [-0.05, 0) is 52.3 Å². The monoisotopic (exact) mass is 384 g/mol. The predicted molar refractivity (Wildman–Crippen MR) is 115 cm³/mol. The van der Waals surface area contributed by atoms with Crippen LogP contribution in [0.5, 0.6) is 11.5 Å². The third-order valence-corrected chi connectivity index (χ3v) is 5.77. The number of pyridine rings is 1. The molecule has 1 aromatic carbocycles. The third kappa shape index (κ3) is 3.70. The number of anilines is 2. The Labute approximate surface area is 167 Å². The lowest BCUT2D eigenvalue weighted by Gasteiger charge is -2.19. The van der Waals surface area contributed by atoms with Gasteiger partial charge in [-0.2, -0.15) is 0 Å². The van der Waals surface area contributed by atoms with Crippen LogP contribution in [-0.2, 0) is 6.42 Å². The molecule has 0 amide bonds. The highest BCUT2D eigenvalue weighted by Gasteiger charge is 2.32. The second kappa shape index (κ2) is 7.66. The van der Waals surface area contributed by atoms with E-state index < -0.39 is 0 Å². The van der Waals surface area contributed by atoms with Crippen LogP contribution in [0.4, 0.5) is 11.5 Å². The van der Waals surface area contributed by atoms with Gasteiger partial charge in [0, 0.05) is 42.6 Å². The van der Waals surface area contributed by atoms with E-state index in [1.807, 2.05) is 13.1 Å². The van der Waals surface area contributed by atoms with Gasteiger partial charge in [0.1, 0.15) is 5.82 Å². The van der Waals surface area contributed by atoms with Gasteiger partial charge in [-0.25, -0.2) is 4.98 Å². The summed E-state index contributed by atoms with van der Waals surface area (Å²) in [6.07, 6.45) is 4.62. The smallest absolute Gasteiger partial charge is 0.163 e. The Morgan fingerprint density at radius 2 is 2.00 bits per heavy atom. The number of aromatic nitrogens is 1. The van der Waals surface area contributed by atoms with Crippen LogP contribution >= 0.6 is 0 Å². The molecule has 152 valence electrons. The van der Waals surface area contributed by atoms with Crippen molar-refractivity contribution in [3.63, 3.8) is 0 Å². The van der Waals surface area contributed by atoms with Crippen molar-refractivity contribution in [2.45, 2.75) is 45.1 Å². The van der Waals surface area contributed by atoms with Gasteiger partial charge >= 0.3 is 0 Å². The number of nitrogens with one attached hydrogen (secondary N) is 2. The first-order chi connectivity index (χ1) is 13.5. The maximum Gasteiger partial charge on any atom is 0.163 e. The number of fused-ring (bicyclic) bond motifs is 3. The minimum absolute atomic E-state index is 0.0157. The van der Waals surface area contributed by atoms with E-state index in [-0.39, 0.29) is 5.54 Å². The molecule has 6 heteroatoms. The minimum atomic E-state index is 0.0157. The predicted octanol–water partition coefficient (Wildman–Crippen LogP) is 3.90. The van der Waals surface area contributed by atoms with E-state index >= 15 is 0 Å². The second-order valence-electron chi connectivity index (χ2n) is 8.52. The van der Waals surface area contributed by atoms with Crippen LogP contribution in [-0.4, -0.2) is 55.8 Å². The van der Waals surface area contributed by atoms with Crippen LogP contribution in [0.25, 0.3) is 10.9 Å². The molecule has 1 fully saturated rings. The van der Waals surface area contributed by atoms with Crippen molar-refractivity contribution < 1.29 is 9.47 Å². The van der Waals surface area contributed by atoms with Gasteiger partial charge in [-0.3, -0.25) is 0 Å². The molecule has 2 aliphatic heterocycles. The maximum atomic E-state index is 6.10. The summed E-state index contributed by atoms with van der Waals surface area (Å²) in [6, 6.07) is 4.07. The zero-order valence-corrected chi connectivity index (χ0v) is 17.5. The van der Waals surface area contributed by atoms with Crippen molar-refractivity contribution >= 4 is 22.4 Å². The molecule has 6 nitrogen and oxygen atoms in total. The number of rotatable bonds is 7. The molecular weight excluding hydrogens is 352 g/mol. The lowest BCUT2D eigenvalue weighted by molar-refractivity contribution is 0.254. The quantitative estimate of drug-likeness (QED) is 0.706. The van der Waals surface area contributed by atoms with E-state index in [2.05, 4.69) is 35.4 Å². The van der Waals surface area contributed by atoms with E-state index in [0.717, 1.165) is 53.3 Å². The second-order valence-corrected chi connectivity index (χ2v) is 8.52. The first kappa shape index (κ1) is 19.1. The van der Waals surface area contributed by atoms with E-state index in [1.54, 1.807) is 7.11 Å². The molecule has 3 heterocycles. The van der Waals surface area contributed by atoms with Crippen LogP contribution in [0, 0.1) is 0 Å². The topological polar surface area (TPSA) is 58.7 Å². The highest BCUT2D eigenvalue weighted by molar-refractivity contribution is 5.99. The number of likely N-dealkylation sites (tertiary alicyclic amines) is 1. The molecule has 1 aromatic heterocycles. The molecule has 0 atom stereocenters. The molecule has 0 saturated carbocycles. The molecule has 1 saturated heterocycles. The molecule has 0 unspecified atom stereocenters. The van der Waals surface area contributed by atoms with Gasteiger partial charge in [0.15, 0.2) is 11.5 Å². The summed E-state index contributed by atoms with van der Waals surface area (Å²) < 4.78 is 11.7. The normalized spacial score (nSPS) is 18.1. The van der Waals surface area contributed by atoms with Gasteiger partial charge in [0.05, 0.1) is 24.9 Å². The lowest BCUT2D eigenvalue weighted by Crippen LogP contribution is -2.27. The average Bonchev–Trinajstić information content (AvgIpc) is 3.30. The number of hydrogen-bond donors (Lipinski definition) is 2. The molecule has 2 aliphatic rings. The number of benzene rings is 1. The van der Waals surface area contributed by atoms with Gasteiger partial charge in [-0.15, -0.1) is 0 Å². The summed E-state index contributed by atoms with van der Waals surface area (Å²) in [6.45, 7) is 8.67. The van der Waals surface area contributed by atoms with E-state index in [0.29, 0.717) is 6.61 Å². The third-order valence-electron chi connectivity index (χ3n) is 5.77. The van der Waals surface area contributed by atoms with Crippen molar-refractivity contribution in [3.8, 4) is 11.5 Å². The largest absolute Gasteiger partial charge is 0.493 e. The molecule has 2 aromatic rings. The summed E-state index contributed by atoms with van der Waals surface area (Å²) in [4.78, 5) is 7.38. The Balaban J connectivity index is 1.59. The van der Waals surface area contributed by atoms with Crippen molar-refractivity contribution in [2.75, 3.05) is 51.0 Å². The van der Waals surface area contributed by atoms with E-state index in [4.69, 9.17) is 14.5 Å². The summed E-state index contributed by atoms with van der Waals surface area (Å²) in [7, 11) is 3.63. The fraction of sp³-hybridized carbons (Fsp3) is 0.591. The molecule has 0 radical (unpaired) electrons. The van der Waals surface area contributed by atoms with Gasteiger partial charge in [0.2, 0.25) is 0 Å². The highest BCUT2D eigenvalue weighted by atomic mass is 16.5. The lowest BCUT2D eigenvalue weighted by atomic mass is 10.00. The molecule has 0 aliphatic carbocycles. The SMILES string of the molecule is CNc1nc2cc(OCCCN3CCCC3)c(OC)cc2c2c1CC(C)(C)N2. The van der Waals surface area contributed by atoms with Crippen molar-refractivity contribution in [1.29, 1.82) is 0 Å². The van der Waals surface area contributed by atoms with E-state index in [9.17, 15) is 0 Å². The molecule has 2 N–H and O–H groups in total. The summed E-state index contributed by atoms with van der Waals surface area (Å²) in [5.41, 5.74) is 3.32. The van der Waals surface area contributed by atoms with Gasteiger partial charge in [0.25, 0.3) is 0 Å². The average molecular weight is 385 g/mol. The van der Waals surface area contributed by atoms with Crippen molar-refractivity contribution in [1.82, 2.24) is 9.88 Å². The van der Waals surface area contributed by atoms with Crippen LogP contribution in [0.1, 0.15) is 38.7 Å². The zero-order valence-electron chi connectivity index (χ0n) is 17.5. The van der Waals surface area contributed by atoms with E-state index in [1.165, 1.54) is 31.5 Å². The van der Waals surface area contributed by atoms with Crippen LogP contribution in [0.2, 0.25) is 0 Å².